The molecule has 0 aliphatic carbocycles. The summed E-state index contributed by atoms with van der Waals surface area (Å²) in [5.41, 5.74) is 6.41. The second kappa shape index (κ2) is 5.55. The molecular weight excluding hydrogens is 224 g/mol. The standard InChI is InChI=1S/C11H14N2O2S/c1-7-3-2-4-8(10(7)16)11(15)13-6-5-9(12)14/h2-4,16H,5-6H2,1H3,(H2,12,14)(H,13,15). The van der Waals surface area contributed by atoms with Crippen LogP contribution in [0.15, 0.2) is 23.1 Å². The van der Waals surface area contributed by atoms with Gasteiger partial charge in [-0.05, 0) is 18.6 Å². The molecule has 4 nitrogen and oxygen atoms in total. The molecule has 86 valence electrons. The molecule has 0 unspecified atom stereocenters. The van der Waals surface area contributed by atoms with Crippen molar-refractivity contribution in [1.82, 2.24) is 5.32 Å². The van der Waals surface area contributed by atoms with Crippen molar-refractivity contribution in [3.05, 3.63) is 29.3 Å². The van der Waals surface area contributed by atoms with E-state index in [0.717, 1.165) is 5.56 Å². The number of primary amides is 1. The van der Waals surface area contributed by atoms with E-state index < -0.39 is 5.91 Å². The lowest BCUT2D eigenvalue weighted by atomic mass is 10.1. The fraction of sp³-hybridized carbons (Fsp3) is 0.273. The SMILES string of the molecule is Cc1cccc(C(=O)NCCC(N)=O)c1S. The minimum atomic E-state index is -0.435. The van der Waals surface area contributed by atoms with E-state index in [9.17, 15) is 9.59 Å². The van der Waals surface area contributed by atoms with Gasteiger partial charge in [0.2, 0.25) is 5.91 Å². The Morgan fingerprint density at radius 3 is 2.75 bits per heavy atom. The molecule has 0 aliphatic heterocycles. The van der Waals surface area contributed by atoms with E-state index >= 15 is 0 Å². The number of thiol groups is 1. The predicted molar refractivity (Wildman–Crippen MR) is 64.6 cm³/mol. The van der Waals surface area contributed by atoms with Crippen LogP contribution < -0.4 is 11.1 Å². The minimum Gasteiger partial charge on any atom is -0.370 e. The van der Waals surface area contributed by atoms with Crippen LogP contribution in [0.3, 0.4) is 0 Å². The zero-order valence-corrected chi connectivity index (χ0v) is 9.88. The molecule has 0 aromatic heterocycles. The van der Waals surface area contributed by atoms with E-state index in [1.807, 2.05) is 13.0 Å². The number of amides is 2. The molecule has 1 rings (SSSR count). The summed E-state index contributed by atoms with van der Waals surface area (Å²) in [7, 11) is 0. The number of benzene rings is 1. The summed E-state index contributed by atoms with van der Waals surface area (Å²) in [6.07, 6.45) is 0.138. The monoisotopic (exact) mass is 238 g/mol. The Bertz CT molecular complexity index is 418. The average molecular weight is 238 g/mol. The Morgan fingerprint density at radius 2 is 2.12 bits per heavy atom. The third kappa shape index (κ3) is 3.27. The summed E-state index contributed by atoms with van der Waals surface area (Å²) in [5, 5.41) is 2.61. The topological polar surface area (TPSA) is 72.2 Å². The van der Waals surface area contributed by atoms with Gasteiger partial charge in [-0.3, -0.25) is 9.59 Å². The molecule has 0 atom stereocenters. The molecule has 0 saturated carbocycles. The molecule has 3 N–H and O–H groups in total. The van der Waals surface area contributed by atoms with E-state index in [4.69, 9.17) is 5.73 Å². The first-order valence-electron chi connectivity index (χ1n) is 4.87. The Kier molecular flexibility index (Phi) is 4.37. The molecule has 0 heterocycles. The normalized spacial score (nSPS) is 9.88. The lowest BCUT2D eigenvalue weighted by Crippen LogP contribution is -2.28. The van der Waals surface area contributed by atoms with Crippen LogP contribution in [0.1, 0.15) is 22.3 Å². The van der Waals surface area contributed by atoms with Crippen molar-refractivity contribution >= 4 is 24.4 Å². The number of carbonyl (C=O) groups excluding carboxylic acids is 2. The van der Waals surface area contributed by atoms with Crippen molar-refractivity contribution < 1.29 is 9.59 Å². The van der Waals surface area contributed by atoms with E-state index in [1.165, 1.54) is 0 Å². The largest absolute Gasteiger partial charge is 0.370 e. The van der Waals surface area contributed by atoms with Gasteiger partial charge in [-0.2, -0.15) is 0 Å². The first-order chi connectivity index (χ1) is 7.52. The number of carbonyl (C=O) groups is 2. The van der Waals surface area contributed by atoms with Crippen LogP contribution >= 0.6 is 12.6 Å². The molecule has 0 fully saturated rings. The second-order valence-corrected chi connectivity index (χ2v) is 3.89. The molecule has 0 bridgehead atoms. The summed E-state index contributed by atoms with van der Waals surface area (Å²) in [5.74, 6) is -0.675. The summed E-state index contributed by atoms with van der Waals surface area (Å²) in [6, 6.07) is 5.36. The quantitative estimate of drug-likeness (QED) is 0.682. The van der Waals surface area contributed by atoms with Gasteiger partial charge in [-0.25, -0.2) is 0 Å². The number of nitrogens with one attached hydrogen (secondary N) is 1. The Hall–Kier alpha value is -1.49. The predicted octanol–water partition coefficient (Wildman–Crippen LogP) is 0.889. The van der Waals surface area contributed by atoms with Gasteiger partial charge in [0, 0.05) is 17.9 Å². The third-order valence-corrected chi connectivity index (χ3v) is 2.73. The molecule has 16 heavy (non-hydrogen) atoms. The molecular formula is C11H14N2O2S. The minimum absolute atomic E-state index is 0.138. The van der Waals surface area contributed by atoms with Gasteiger partial charge in [0.05, 0.1) is 5.56 Å². The van der Waals surface area contributed by atoms with Crippen LogP contribution in [0.5, 0.6) is 0 Å². The van der Waals surface area contributed by atoms with Crippen LogP contribution in [0, 0.1) is 6.92 Å². The highest BCUT2D eigenvalue weighted by Crippen LogP contribution is 2.17. The van der Waals surface area contributed by atoms with Gasteiger partial charge < -0.3 is 11.1 Å². The summed E-state index contributed by atoms with van der Waals surface area (Å²) in [4.78, 5) is 22.8. The molecule has 0 aliphatic rings. The van der Waals surface area contributed by atoms with Crippen molar-refractivity contribution in [2.75, 3.05) is 6.54 Å². The summed E-state index contributed by atoms with van der Waals surface area (Å²) < 4.78 is 0. The molecule has 0 radical (unpaired) electrons. The zero-order chi connectivity index (χ0) is 12.1. The number of nitrogens with two attached hydrogens (primary N) is 1. The summed E-state index contributed by atoms with van der Waals surface area (Å²) >= 11 is 4.26. The van der Waals surface area contributed by atoms with Crippen LogP contribution in [0.4, 0.5) is 0 Å². The number of hydrogen-bond acceptors (Lipinski definition) is 3. The fourth-order valence-corrected chi connectivity index (χ4v) is 1.49. The maximum Gasteiger partial charge on any atom is 0.252 e. The maximum atomic E-state index is 11.7. The van der Waals surface area contributed by atoms with Gasteiger partial charge in [-0.1, -0.05) is 12.1 Å². The molecule has 1 aromatic carbocycles. The van der Waals surface area contributed by atoms with Gasteiger partial charge in [0.15, 0.2) is 0 Å². The van der Waals surface area contributed by atoms with Crippen molar-refractivity contribution in [3.8, 4) is 0 Å². The van der Waals surface area contributed by atoms with Crippen molar-refractivity contribution in [2.24, 2.45) is 5.73 Å². The van der Waals surface area contributed by atoms with E-state index in [2.05, 4.69) is 17.9 Å². The first-order valence-corrected chi connectivity index (χ1v) is 5.32. The van der Waals surface area contributed by atoms with Crippen LogP contribution in [-0.4, -0.2) is 18.4 Å². The van der Waals surface area contributed by atoms with Crippen molar-refractivity contribution in [1.29, 1.82) is 0 Å². The van der Waals surface area contributed by atoms with E-state index in [0.29, 0.717) is 10.5 Å². The molecule has 5 heteroatoms. The second-order valence-electron chi connectivity index (χ2n) is 3.44. The number of aryl methyl sites for hydroxylation is 1. The van der Waals surface area contributed by atoms with Crippen LogP contribution in [0.25, 0.3) is 0 Å². The van der Waals surface area contributed by atoms with Gasteiger partial charge in [0.1, 0.15) is 0 Å². The highest BCUT2D eigenvalue weighted by Gasteiger charge is 2.10. The lowest BCUT2D eigenvalue weighted by Gasteiger charge is -2.07. The molecule has 0 spiro atoms. The van der Waals surface area contributed by atoms with Gasteiger partial charge in [-0.15, -0.1) is 12.6 Å². The third-order valence-electron chi connectivity index (χ3n) is 2.14. The maximum absolute atomic E-state index is 11.7. The van der Waals surface area contributed by atoms with E-state index in [1.54, 1.807) is 12.1 Å². The smallest absolute Gasteiger partial charge is 0.252 e. The Morgan fingerprint density at radius 1 is 1.44 bits per heavy atom. The van der Waals surface area contributed by atoms with Crippen LogP contribution in [-0.2, 0) is 4.79 Å². The van der Waals surface area contributed by atoms with Gasteiger partial charge in [0.25, 0.3) is 5.91 Å². The lowest BCUT2D eigenvalue weighted by molar-refractivity contribution is -0.117. The Labute approximate surface area is 99.6 Å². The number of rotatable bonds is 4. The zero-order valence-electron chi connectivity index (χ0n) is 8.99. The van der Waals surface area contributed by atoms with E-state index in [-0.39, 0.29) is 18.9 Å². The highest BCUT2D eigenvalue weighted by molar-refractivity contribution is 7.80. The van der Waals surface area contributed by atoms with Crippen molar-refractivity contribution in [3.63, 3.8) is 0 Å². The number of hydrogen-bond donors (Lipinski definition) is 3. The van der Waals surface area contributed by atoms with Crippen molar-refractivity contribution in [2.45, 2.75) is 18.2 Å². The molecule has 0 saturated heterocycles. The summed E-state index contributed by atoms with van der Waals surface area (Å²) in [6.45, 7) is 2.12. The molecule has 2 amide bonds. The molecule has 1 aromatic rings. The van der Waals surface area contributed by atoms with Crippen LogP contribution in [0.2, 0.25) is 0 Å². The van der Waals surface area contributed by atoms with Gasteiger partial charge >= 0.3 is 0 Å². The fourth-order valence-electron chi connectivity index (χ4n) is 1.24. The first kappa shape index (κ1) is 12.6. The Balaban J connectivity index is 2.66. The average Bonchev–Trinajstić information content (AvgIpc) is 2.21. The highest BCUT2D eigenvalue weighted by atomic mass is 32.1.